The van der Waals surface area contributed by atoms with Crippen molar-refractivity contribution in [1.82, 2.24) is 5.32 Å². The Morgan fingerprint density at radius 1 is 1.21 bits per heavy atom. The maximum absolute atomic E-state index is 13.2. The number of halogens is 3. The second kappa shape index (κ2) is 6.92. The molecule has 0 aliphatic heterocycles. The number of rotatable bonds is 5. The van der Waals surface area contributed by atoms with Gasteiger partial charge in [-0.25, -0.2) is 4.39 Å². The first-order chi connectivity index (χ1) is 9.15. The highest BCUT2D eigenvalue weighted by Gasteiger charge is 2.30. The van der Waals surface area contributed by atoms with E-state index in [-0.39, 0.29) is 11.2 Å². The van der Waals surface area contributed by atoms with Crippen LogP contribution < -0.4 is 5.32 Å². The smallest absolute Gasteiger partial charge is 0.123 e. The summed E-state index contributed by atoms with van der Waals surface area (Å²) >= 11 is 12.2. The SMILES string of the molecule is Fc1ccc(Cl)c(CNCC2(CCl)CCCCC2)c1. The summed E-state index contributed by atoms with van der Waals surface area (Å²) in [7, 11) is 0. The Labute approximate surface area is 124 Å². The molecule has 0 saturated heterocycles. The van der Waals surface area contributed by atoms with E-state index in [4.69, 9.17) is 23.2 Å². The normalized spacial score (nSPS) is 18.5. The zero-order valence-corrected chi connectivity index (χ0v) is 12.5. The molecule has 1 aromatic carbocycles. The van der Waals surface area contributed by atoms with Crippen LogP contribution in [0.4, 0.5) is 4.39 Å². The molecule has 1 aliphatic rings. The van der Waals surface area contributed by atoms with Gasteiger partial charge >= 0.3 is 0 Å². The van der Waals surface area contributed by atoms with Gasteiger partial charge < -0.3 is 5.32 Å². The number of benzene rings is 1. The van der Waals surface area contributed by atoms with Gasteiger partial charge in [0.25, 0.3) is 0 Å². The largest absolute Gasteiger partial charge is 0.312 e. The Hall–Kier alpha value is -0.310. The molecular weight excluding hydrogens is 284 g/mol. The highest BCUT2D eigenvalue weighted by atomic mass is 35.5. The fourth-order valence-corrected chi connectivity index (χ4v) is 3.35. The molecule has 1 fully saturated rings. The lowest BCUT2D eigenvalue weighted by molar-refractivity contribution is 0.212. The summed E-state index contributed by atoms with van der Waals surface area (Å²) in [4.78, 5) is 0. The molecule has 0 spiro atoms. The highest BCUT2D eigenvalue weighted by Crippen LogP contribution is 2.36. The van der Waals surface area contributed by atoms with Gasteiger partial charge in [-0.2, -0.15) is 0 Å². The van der Waals surface area contributed by atoms with Crippen molar-refractivity contribution in [2.75, 3.05) is 12.4 Å². The van der Waals surface area contributed by atoms with Crippen LogP contribution in [0.3, 0.4) is 0 Å². The van der Waals surface area contributed by atoms with Crippen molar-refractivity contribution in [3.8, 4) is 0 Å². The van der Waals surface area contributed by atoms with Crippen molar-refractivity contribution in [3.63, 3.8) is 0 Å². The van der Waals surface area contributed by atoms with Gasteiger partial charge in [-0.15, -0.1) is 11.6 Å². The number of hydrogen-bond donors (Lipinski definition) is 1. The maximum Gasteiger partial charge on any atom is 0.123 e. The van der Waals surface area contributed by atoms with Gasteiger partial charge in [-0.3, -0.25) is 0 Å². The first kappa shape index (κ1) is 15.1. The molecule has 106 valence electrons. The lowest BCUT2D eigenvalue weighted by atomic mass is 9.75. The molecule has 1 nitrogen and oxygen atoms in total. The Kier molecular flexibility index (Phi) is 5.49. The van der Waals surface area contributed by atoms with Crippen LogP contribution in [0.5, 0.6) is 0 Å². The third kappa shape index (κ3) is 4.08. The number of hydrogen-bond acceptors (Lipinski definition) is 1. The Morgan fingerprint density at radius 3 is 2.63 bits per heavy atom. The summed E-state index contributed by atoms with van der Waals surface area (Å²) in [5.74, 6) is 0.447. The van der Waals surface area contributed by atoms with E-state index in [1.165, 1.54) is 44.2 Å². The van der Waals surface area contributed by atoms with E-state index in [2.05, 4.69) is 5.32 Å². The summed E-state index contributed by atoms with van der Waals surface area (Å²) in [6.07, 6.45) is 6.19. The van der Waals surface area contributed by atoms with Crippen LogP contribution in [-0.4, -0.2) is 12.4 Å². The van der Waals surface area contributed by atoms with Crippen molar-refractivity contribution in [2.45, 2.75) is 38.6 Å². The monoisotopic (exact) mass is 303 g/mol. The molecule has 1 saturated carbocycles. The minimum absolute atomic E-state index is 0.208. The maximum atomic E-state index is 13.2. The molecule has 0 amide bonds. The summed E-state index contributed by atoms with van der Waals surface area (Å²) in [6, 6.07) is 4.47. The Morgan fingerprint density at radius 2 is 1.95 bits per heavy atom. The summed E-state index contributed by atoms with van der Waals surface area (Å²) in [5.41, 5.74) is 1.02. The summed E-state index contributed by atoms with van der Waals surface area (Å²) in [6.45, 7) is 1.47. The predicted octanol–water partition coefficient (Wildman–Crippen LogP) is 4.76. The molecule has 0 aromatic heterocycles. The third-order valence-corrected chi connectivity index (χ3v) is 4.96. The molecule has 0 radical (unpaired) electrons. The predicted molar refractivity (Wildman–Crippen MR) is 79.4 cm³/mol. The van der Waals surface area contributed by atoms with E-state index in [9.17, 15) is 4.39 Å². The van der Waals surface area contributed by atoms with Crippen LogP contribution in [-0.2, 0) is 6.54 Å². The third-order valence-electron chi connectivity index (χ3n) is 4.02. The molecule has 2 rings (SSSR count). The van der Waals surface area contributed by atoms with E-state index in [0.717, 1.165) is 12.1 Å². The molecule has 1 N–H and O–H groups in total. The average molecular weight is 304 g/mol. The highest BCUT2D eigenvalue weighted by molar-refractivity contribution is 6.31. The topological polar surface area (TPSA) is 12.0 Å². The van der Waals surface area contributed by atoms with E-state index >= 15 is 0 Å². The first-order valence-electron chi connectivity index (χ1n) is 6.86. The van der Waals surface area contributed by atoms with E-state index in [0.29, 0.717) is 17.4 Å². The lowest BCUT2D eigenvalue weighted by Crippen LogP contribution is -2.37. The average Bonchev–Trinajstić information content (AvgIpc) is 2.44. The van der Waals surface area contributed by atoms with Crippen molar-refractivity contribution in [2.24, 2.45) is 5.41 Å². The zero-order valence-electron chi connectivity index (χ0n) is 11.0. The molecule has 1 aromatic rings. The molecule has 0 bridgehead atoms. The zero-order chi connectivity index (χ0) is 13.7. The lowest BCUT2D eigenvalue weighted by Gasteiger charge is -2.35. The van der Waals surface area contributed by atoms with Crippen LogP contribution >= 0.6 is 23.2 Å². The first-order valence-corrected chi connectivity index (χ1v) is 7.77. The fourth-order valence-electron chi connectivity index (χ4n) is 2.80. The van der Waals surface area contributed by atoms with Crippen LogP contribution in [0, 0.1) is 11.2 Å². The van der Waals surface area contributed by atoms with Gasteiger partial charge in [0.05, 0.1) is 0 Å². The molecule has 0 heterocycles. The minimum Gasteiger partial charge on any atom is -0.312 e. The van der Waals surface area contributed by atoms with E-state index < -0.39 is 0 Å². The molecule has 4 heteroatoms. The van der Waals surface area contributed by atoms with Crippen molar-refractivity contribution in [3.05, 3.63) is 34.6 Å². The van der Waals surface area contributed by atoms with Gasteiger partial charge in [0.2, 0.25) is 0 Å². The second-order valence-corrected chi connectivity index (χ2v) is 6.21. The summed E-state index contributed by atoms with van der Waals surface area (Å²) in [5, 5.41) is 4.00. The van der Waals surface area contributed by atoms with Gasteiger partial charge in [-0.05, 0) is 42.0 Å². The number of nitrogens with one attached hydrogen (secondary N) is 1. The molecule has 0 unspecified atom stereocenters. The standard InChI is InChI=1S/C15H20Cl2FN/c16-10-15(6-2-1-3-7-15)11-19-9-12-8-13(18)4-5-14(12)17/h4-5,8,19H,1-3,6-7,9-11H2. The van der Waals surface area contributed by atoms with E-state index in [1.54, 1.807) is 6.07 Å². The van der Waals surface area contributed by atoms with Gasteiger partial charge in [0, 0.05) is 24.0 Å². The van der Waals surface area contributed by atoms with Crippen LogP contribution in [0.1, 0.15) is 37.7 Å². The Bertz CT molecular complexity index is 417. The van der Waals surface area contributed by atoms with Crippen molar-refractivity contribution < 1.29 is 4.39 Å². The molecule has 1 aliphatic carbocycles. The van der Waals surface area contributed by atoms with Gasteiger partial charge in [-0.1, -0.05) is 30.9 Å². The minimum atomic E-state index is -0.245. The summed E-state index contributed by atoms with van der Waals surface area (Å²) < 4.78 is 13.2. The van der Waals surface area contributed by atoms with Crippen molar-refractivity contribution >= 4 is 23.2 Å². The molecular formula is C15H20Cl2FN. The van der Waals surface area contributed by atoms with Crippen LogP contribution in [0.2, 0.25) is 5.02 Å². The quantitative estimate of drug-likeness (QED) is 0.774. The molecule has 0 atom stereocenters. The fraction of sp³-hybridized carbons (Fsp3) is 0.600. The van der Waals surface area contributed by atoms with Crippen LogP contribution in [0.15, 0.2) is 18.2 Å². The van der Waals surface area contributed by atoms with Crippen molar-refractivity contribution in [1.29, 1.82) is 0 Å². The second-order valence-electron chi connectivity index (χ2n) is 5.53. The Balaban J connectivity index is 1.90. The van der Waals surface area contributed by atoms with Crippen LogP contribution in [0.25, 0.3) is 0 Å². The molecule has 19 heavy (non-hydrogen) atoms. The van der Waals surface area contributed by atoms with Gasteiger partial charge in [0.15, 0.2) is 0 Å². The number of alkyl halides is 1. The van der Waals surface area contributed by atoms with E-state index in [1.807, 2.05) is 0 Å². The van der Waals surface area contributed by atoms with Gasteiger partial charge in [0.1, 0.15) is 5.82 Å².